The number of carbonyl (C=O) groups excluding carboxylic acids is 1. The van der Waals surface area contributed by atoms with E-state index in [2.05, 4.69) is 20.6 Å². The fraction of sp³-hybridized carbons (Fsp3) is 0.0741. The van der Waals surface area contributed by atoms with Crippen LogP contribution in [-0.2, 0) is 0 Å². The first-order valence-corrected chi connectivity index (χ1v) is 11.2. The Morgan fingerprint density at radius 1 is 0.800 bits per heavy atom. The van der Waals surface area contributed by atoms with Crippen molar-refractivity contribution in [3.8, 4) is 11.5 Å². The molecule has 0 radical (unpaired) electrons. The fourth-order valence-electron chi connectivity index (χ4n) is 4.23. The van der Waals surface area contributed by atoms with E-state index in [0.29, 0.717) is 41.8 Å². The summed E-state index contributed by atoms with van der Waals surface area (Å²) in [6, 6.07) is 20.5. The Labute approximate surface area is 200 Å². The van der Waals surface area contributed by atoms with E-state index in [4.69, 9.17) is 15.2 Å². The molecule has 8 heteroatoms. The molecular weight excluding hydrogens is 442 g/mol. The Bertz CT molecular complexity index is 1600. The van der Waals surface area contributed by atoms with E-state index in [-0.39, 0.29) is 5.91 Å². The van der Waals surface area contributed by atoms with Crippen molar-refractivity contribution in [2.24, 2.45) is 0 Å². The highest BCUT2D eigenvalue weighted by molar-refractivity contribution is 6.10. The van der Waals surface area contributed by atoms with Gasteiger partial charge in [0.05, 0.1) is 11.2 Å². The summed E-state index contributed by atoms with van der Waals surface area (Å²) in [6.07, 6.45) is 3.41. The molecule has 0 aliphatic carbocycles. The second-order valence-corrected chi connectivity index (χ2v) is 8.10. The van der Waals surface area contributed by atoms with Crippen molar-refractivity contribution in [3.63, 3.8) is 0 Å². The van der Waals surface area contributed by atoms with Crippen molar-refractivity contribution < 1.29 is 14.3 Å². The lowest BCUT2D eigenvalue weighted by molar-refractivity contribution is 0.102. The van der Waals surface area contributed by atoms with Crippen molar-refractivity contribution in [1.82, 2.24) is 9.97 Å². The highest BCUT2D eigenvalue weighted by Crippen LogP contribution is 2.34. The molecule has 0 spiro atoms. The van der Waals surface area contributed by atoms with E-state index < -0.39 is 0 Å². The van der Waals surface area contributed by atoms with E-state index in [1.807, 2.05) is 48.5 Å². The molecule has 0 unspecified atom stereocenters. The number of nitrogens with one attached hydrogen (secondary N) is 2. The van der Waals surface area contributed by atoms with Gasteiger partial charge in [-0.1, -0.05) is 24.3 Å². The van der Waals surface area contributed by atoms with E-state index in [9.17, 15) is 4.79 Å². The number of carbonyl (C=O) groups is 1. The molecule has 1 aliphatic heterocycles. The zero-order valence-electron chi connectivity index (χ0n) is 18.6. The van der Waals surface area contributed by atoms with Crippen LogP contribution in [-0.4, -0.2) is 29.1 Å². The molecular formula is C27H21N5O3. The predicted molar refractivity (Wildman–Crippen MR) is 137 cm³/mol. The Balaban J connectivity index is 1.34. The maximum Gasteiger partial charge on any atom is 0.256 e. The zero-order chi connectivity index (χ0) is 23.8. The number of amides is 1. The SMILES string of the molecule is Nc1cccc2c(Nc3cccc4c(NC(=O)c5ccc6c(c5)OCCO6)nccc34)ccnc12. The molecule has 0 saturated heterocycles. The van der Waals surface area contributed by atoms with Crippen LogP contribution in [0, 0.1) is 0 Å². The first-order valence-electron chi connectivity index (χ1n) is 11.2. The molecule has 1 aliphatic rings. The van der Waals surface area contributed by atoms with Crippen LogP contribution < -0.4 is 25.8 Å². The number of pyridine rings is 2. The smallest absolute Gasteiger partial charge is 0.256 e. The van der Waals surface area contributed by atoms with Crippen LogP contribution in [0.2, 0.25) is 0 Å². The van der Waals surface area contributed by atoms with Crippen LogP contribution in [0.3, 0.4) is 0 Å². The largest absolute Gasteiger partial charge is 0.486 e. The summed E-state index contributed by atoms with van der Waals surface area (Å²) >= 11 is 0. The van der Waals surface area contributed by atoms with E-state index in [1.165, 1.54) is 0 Å². The lowest BCUT2D eigenvalue weighted by Crippen LogP contribution is -2.17. The van der Waals surface area contributed by atoms with Gasteiger partial charge >= 0.3 is 0 Å². The van der Waals surface area contributed by atoms with Crippen LogP contribution >= 0.6 is 0 Å². The van der Waals surface area contributed by atoms with Crippen molar-refractivity contribution in [2.75, 3.05) is 29.6 Å². The number of hydrogen-bond acceptors (Lipinski definition) is 7. The van der Waals surface area contributed by atoms with E-state index in [0.717, 1.165) is 33.1 Å². The van der Waals surface area contributed by atoms with Gasteiger partial charge in [-0.25, -0.2) is 4.98 Å². The number of nitrogens with two attached hydrogens (primary N) is 1. The molecule has 3 aromatic carbocycles. The van der Waals surface area contributed by atoms with Crippen LogP contribution in [0.25, 0.3) is 21.7 Å². The number of aromatic nitrogens is 2. The molecule has 172 valence electrons. The lowest BCUT2D eigenvalue weighted by atomic mass is 10.1. The molecule has 3 heterocycles. The number of ether oxygens (including phenoxy) is 2. The quantitative estimate of drug-likeness (QED) is 0.317. The van der Waals surface area contributed by atoms with Gasteiger partial charge in [0, 0.05) is 45.5 Å². The molecule has 6 rings (SSSR count). The molecule has 5 aromatic rings. The molecule has 0 bridgehead atoms. The van der Waals surface area contributed by atoms with Crippen LogP contribution in [0.4, 0.5) is 22.9 Å². The highest BCUT2D eigenvalue weighted by atomic mass is 16.6. The second kappa shape index (κ2) is 8.49. The third-order valence-corrected chi connectivity index (χ3v) is 5.91. The number of fused-ring (bicyclic) bond motifs is 3. The van der Waals surface area contributed by atoms with Crippen molar-refractivity contribution >= 4 is 50.5 Å². The van der Waals surface area contributed by atoms with Gasteiger partial charge in [-0.05, 0) is 42.5 Å². The minimum absolute atomic E-state index is 0.282. The van der Waals surface area contributed by atoms with Gasteiger partial charge in [0.1, 0.15) is 19.0 Å². The summed E-state index contributed by atoms with van der Waals surface area (Å²) in [6.45, 7) is 0.954. The van der Waals surface area contributed by atoms with Crippen LogP contribution in [0.1, 0.15) is 10.4 Å². The van der Waals surface area contributed by atoms with Crippen molar-refractivity contribution in [2.45, 2.75) is 0 Å². The predicted octanol–water partition coefficient (Wildman–Crippen LogP) is 5.13. The third kappa shape index (κ3) is 3.80. The molecule has 2 aromatic heterocycles. The minimum atomic E-state index is -0.282. The number of para-hydroxylation sites is 1. The first kappa shape index (κ1) is 20.7. The maximum absolute atomic E-state index is 13.0. The molecule has 0 atom stereocenters. The third-order valence-electron chi connectivity index (χ3n) is 5.91. The van der Waals surface area contributed by atoms with Crippen LogP contribution in [0.15, 0.2) is 79.1 Å². The summed E-state index contributed by atoms with van der Waals surface area (Å²) < 4.78 is 11.1. The average molecular weight is 463 g/mol. The molecule has 35 heavy (non-hydrogen) atoms. The number of nitrogen functional groups attached to an aromatic ring is 1. The molecule has 0 fully saturated rings. The Kier molecular flexibility index (Phi) is 5.03. The zero-order valence-corrected chi connectivity index (χ0v) is 18.6. The average Bonchev–Trinajstić information content (AvgIpc) is 2.89. The number of benzene rings is 3. The first-order chi connectivity index (χ1) is 17.2. The van der Waals surface area contributed by atoms with Crippen LogP contribution in [0.5, 0.6) is 11.5 Å². The summed E-state index contributed by atoms with van der Waals surface area (Å²) in [7, 11) is 0. The van der Waals surface area contributed by atoms with Gasteiger partial charge in [0.2, 0.25) is 0 Å². The number of hydrogen-bond donors (Lipinski definition) is 3. The van der Waals surface area contributed by atoms with Crippen molar-refractivity contribution in [3.05, 3.63) is 84.7 Å². The molecule has 1 amide bonds. The normalized spacial score (nSPS) is 12.5. The van der Waals surface area contributed by atoms with Gasteiger partial charge in [-0.15, -0.1) is 0 Å². The summed E-state index contributed by atoms with van der Waals surface area (Å²) in [4.78, 5) is 21.9. The van der Waals surface area contributed by atoms with Gasteiger partial charge in [0.25, 0.3) is 5.91 Å². The highest BCUT2D eigenvalue weighted by Gasteiger charge is 2.17. The Hall–Kier alpha value is -4.85. The van der Waals surface area contributed by atoms with Gasteiger partial charge in [0.15, 0.2) is 11.5 Å². The molecule has 0 saturated carbocycles. The van der Waals surface area contributed by atoms with E-state index >= 15 is 0 Å². The number of rotatable bonds is 4. The molecule has 4 N–H and O–H groups in total. The second-order valence-electron chi connectivity index (χ2n) is 8.10. The van der Waals surface area contributed by atoms with Gasteiger partial charge < -0.3 is 25.8 Å². The summed E-state index contributed by atoms with van der Waals surface area (Å²) in [5, 5.41) is 9.07. The molecule has 8 nitrogen and oxygen atoms in total. The monoisotopic (exact) mass is 463 g/mol. The number of anilines is 4. The maximum atomic E-state index is 13.0. The Morgan fingerprint density at radius 3 is 2.49 bits per heavy atom. The van der Waals surface area contributed by atoms with Gasteiger partial charge in [-0.3, -0.25) is 9.78 Å². The minimum Gasteiger partial charge on any atom is -0.486 e. The van der Waals surface area contributed by atoms with E-state index in [1.54, 1.807) is 30.6 Å². The fourth-order valence-corrected chi connectivity index (χ4v) is 4.23. The standard InChI is InChI=1S/C27H21N5O3/c28-20-5-1-4-19-22(10-12-29-25(19)20)31-21-6-2-3-18-17(21)9-11-30-26(18)32-27(33)16-7-8-23-24(15-16)35-14-13-34-23/h1-12,15H,13-14,28H2,(H,29,31)(H,30,32,33). The van der Waals surface area contributed by atoms with Gasteiger partial charge in [-0.2, -0.15) is 0 Å². The lowest BCUT2D eigenvalue weighted by Gasteiger charge is -2.18. The Morgan fingerprint density at radius 2 is 1.57 bits per heavy atom. The summed E-state index contributed by atoms with van der Waals surface area (Å²) in [5.41, 5.74) is 9.69. The number of nitrogens with zero attached hydrogens (tertiary/aromatic N) is 2. The van der Waals surface area contributed by atoms with Crippen molar-refractivity contribution in [1.29, 1.82) is 0 Å². The summed E-state index contributed by atoms with van der Waals surface area (Å²) in [5.74, 6) is 1.38. The topological polar surface area (TPSA) is 111 Å².